The lowest BCUT2D eigenvalue weighted by Crippen LogP contribution is -2.35. The van der Waals surface area contributed by atoms with E-state index in [-0.39, 0.29) is 19.4 Å². The van der Waals surface area contributed by atoms with Gasteiger partial charge in [-0.2, -0.15) is 13.2 Å². The summed E-state index contributed by atoms with van der Waals surface area (Å²) in [4.78, 5) is 42.9. The molecular formula is C33H32F3NO6. The first-order chi connectivity index (χ1) is 20.4. The minimum absolute atomic E-state index is 0.0618. The Hall–Kier alpha value is -4.91. The molecule has 1 amide bonds. The average Bonchev–Trinajstić information content (AvgIpc) is 2.98. The van der Waals surface area contributed by atoms with Crippen molar-refractivity contribution in [2.75, 3.05) is 0 Å². The molecule has 0 fully saturated rings. The van der Waals surface area contributed by atoms with E-state index in [0.29, 0.717) is 16.7 Å². The van der Waals surface area contributed by atoms with Crippen LogP contribution < -0.4 is 0 Å². The molecule has 0 saturated carbocycles. The molecule has 0 spiro atoms. The molecule has 226 valence electrons. The van der Waals surface area contributed by atoms with Crippen LogP contribution in [0.25, 0.3) is 0 Å². The number of hydrogen-bond donors (Lipinski definition) is 2. The Bertz CT molecular complexity index is 1440. The van der Waals surface area contributed by atoms with E-state index in [0.717, 1.165) is 35.4 Å². The van der Waals surface area contributed by atoms with Crippen molar-refractivity contribution in [3.63, 3.8) is 0 Å². The fourth-order valence-corrected chi connectivity index (χ4v) is 3.99. The van der Waals surface area contributed by atoms with Crippen molar-refractivity contribution in [3.8, 4) is 11.8 Å². The third-order valence-electron chi connectivity index (χ3n) is 6.22. The van der Waals surface area contributed by atoms with Crippen LogP contribution in [0.2, 0.25) is 0 Å². The molecule has 0 aliphatic heterocycles. The first-order valence-corrected chi connectivity index (χ1v) is 13.5. The number of aryl methyl sites for hydroxylation is 1. The number of rotatable bonds is 10. The summed E-state index contributed by atoms with van der Waals surface area (Å²) < 4.78 is 38.6. The highest BCUT2D eigenvalue weighted by Gasteiger charge is 2.30. The monoisotopic (exact) mass is 595 g/mol. The second-order valence-electron chi connectivity index (χ2n) is 9.53. The minimum Gasteiger partial charge on any atom is -0.476 e. The van der Waals surface area contributed by atoms with Crippen LogP contribution in [0, 0.1) is 11.8 Å². The van der Waals surface area contributed by atoms with E-state index in [1.54, 1.807) is 24.3 Å². The van der Waals surface area contributed by atoms with Crippen LogP contribution in [0.1, 0.15) is 66.0 Å². The summed E-state index contributed by atoms with van der Waals surface area (Å²) in [5, 5.41) is 16.7. The van der Waals surface area contributed by atoms with Crippen molar-refractivity contribution >= 4 is 24.1 Å². The maximum Gasteiger partial charge on any atom is 0.416 e. The molecule has 0 unspecified atom stereocenters. The van der Waals surface area contributed by atoms with Crippen molar-refractivity contribution in [1.29, 1.82) is 0 Å². The fourth-order valence-electron chi connectivity index (χ4n) is 3.99. The SMILES string of the molecule is CCCCCCc1ccc(C#Cc2ccccc2CN(Cc2ccc(C(F)(F)F)cc2)C(=O)C(=O)O)cc1.O=CC(=O)O. The number of hydrogen-bond acceptors (Lipinski definition) is 4. The predicted molar refractivity (Wildman–Crippen MR) is 154 cm³/mol. The van der Waals surface area contributed by atoms with Crippen molar-refractivity contribution < 1.29 is 42.6 Å². The molecule has 0 aliphatic rings. The van der Waals surface area contributed by atoms with Gasteiger partial charge in [0.1, 0.15) is 0 Å². The summed E-state index contributed by atoms with van der Waals surface area (Å²) in [5.41, 5.74) is 2.92. The molecule has 0 aromatic heterocycles. The van der Waals surface area contributed by atoms with Gasteiger partial charge in [0.25, 0.3) is 0 Å². The van der Waals surface area contributed by atoms with Crippen LogP contribution in [0.5, 0.6) is 0 Å². The molecule has 0 heterocycles. The predicted octanol–water partition coefficient (Wildman–Crippen LogP) is 6.11. The molecule has 3 rings (SSSR count). The zero-order valence-electron chi connectivity index (χ0n) is 23.6. The molecule has 0 bridgehead atoms. The number of carbonyl (C=O) groups is 4. The highest BCUT2D eigenvalue weighted by molar-refractivity contribution is 6.31. The standard InChI is InChI=1S/C31H30F3NO3.C2H2O3/c1-2-3-4-5-8-23-11-13-24(14-12-23)15-18-26-9-6-7-10-27(26)22-35(29(36)30(37)38)21-25-16-19-28(20-17-25)31(32,33)34;3-1-2(4)5/h6-7,9-14,16-17,19-20H,2-5,8,21-22H2,1H3,(H,37,38);1H,(H,4,5). The number of halogens is 3. The van der Waals surface area contributed by atoms with Crippen LogP contribution in [-0.4, -0.2) is 39.2 Å². The van der Waals surface area contributed by atoms with Gasteiger partial charge in [0.2, 0.25) is 6.29 Å². The van der Waals surface area contributed by atoms with Crippen LogP contribution in [-0.2, 0) is 44.9 Å². The fraction of sp³-hybridized carbons (Fsp3) is 0.273. The third-order valence-corrected chi connectivity index (χ3v) is 6.22. The average molecular weight is 596 g/mol. The second kappa shape index (κ2) is 17.1. The molecule has 0 aliphatic carbocycles. The van der Waals surface area contributed by atoms with Gasteiger partial charge >= 0.3 is 24.0 Å². The smallest absolute Gasteiger partial charge is 0.416 e. The molecule has 2 N–H and O–H groups in total. The van der Waals surface area contributed by atoms with Gasteiger partial charge in [0, 0.05) is 24.2 Å². The van der Waals surface area contributed by atoms with Crippen molar-refractivity contribution in [2.45, 2.75) is 58.3 Å². The van der Waals surface area contributed by atoms with E-state index in [2.05, 4.69) is 30.9 Å². The van der Waals surface area contributed by atoms with E-state index in [1.807, 2.05) is 12.1 Å². The molecule has 0 radical (unpaired) electrons. The summed E-state index contributed by atoms with van der Waals surface area (Å²) in [6, 6.07) is 19.5. The van der Waals surface area contributed by atoms with Gasteiger partial charge in [-0.05, 0) is 59.9 Å². The van der Waals surface area contributed by atoms with Gasteiger partial charge in [-0.15, -0.1) is 0 Å². The largest absolute Gasteiger partial charge is 0.476 e. The summed E-state index contributed by atoms with van der Waals surface area (Å²) in [5.74, 6) is 2.01. The Labute approximate surface area is 248 Å². The van der Waals surface area contributed by atoms with Gasteiger partial charge in [-0.1, -0.05) is 80.5 Å². The lowest BCUT2D eigenvalue weighted by atomic mass is 10.0. The van der Waals surface area contributed by atoms with Crippen molar-refractivity contribution in [1.82, 2.24) is 4.90 Å². The Kier molecular flexibility index (Phi) is 13.7. The molecule has 3 aromatic rings. The number of carboxylic acid groups (broad SMARTS) is 2. The highest BCUT2D eigenvalue weighted by Crippen LogP contribution is 2.29. The number of alkyl halides is 3. The van der Waals surface area contributed by atoms with Crippen LogP contribution in [0.3, 0.4) is 0 Å². The van der Waals surface area contributed by atoms with Crippen molar-refractivity contribution in [3.05, 3.63) is 106 Å². The number of benzene rings is 3. The maximum atomic E-state index is 12.9. The number of amides is 1. The van der Waals surface area contributed by atoms with Crippen LogP contribution in [0.4, 0.5) is 13.2 Å². The lowest BCUT2D eigenvalue weighted by molar-refractivity contribution is -0.156. The van der Waals surface area contributed by atoms with E-state index in [4.69, 9.17) is 14.7 Å². The molecule has 10 heteroatoms. The molecule has 0 saturated heterocycles. The Morgan fingerprint density at radius 2 is 1.42 bits per heavy atom. The first-order valence-electron chi connectivity index (χ1n) is 13.5. The summed E-state index contributed by atoms with van der Waals surface area (Å²) in [7, 11) is 0. The second-order valence-corrected chi connectivity index (χ2v) is 9.53. The van der Waals surface area contributed by atoms with E-state index in [1.165, 1.54) is 37.0 Å². The zero-order valence-corrected chi connectivity index (χ0v) is 23.6. The number of carboxylic acids is 2. The first kappa shape index (κ1) is 34.3. The summed E-state index contributed by atoms with van der Waals surface area (Å²) in [6.07, 6.45) is 1.19. The Morgan fingerprint density at radius 3 is 1.98 bits per heavy atom. The van der Waals surface area contributed by atoms with E-state index in [9.17, 15) is 27.9 Å². The van der Waals surface area contributed by atoms with Crippen molar-refractivity contribution in [2.24, 2.45) is 0 Å². The molecule has 3 aromatic carbocycles. The van der Waals surface area contributed by atoms with Gasteiger partial charge in [0.05, 0.1) is 5.56 Å². The maximum absolute atomic E-state index is 12.9. The van der Waals surface area contributed by atoms with Gasteiger partial charge < -0.3 is 15.1 Å². The molecular weight excluding hydrogens is 563 g/mol. The third kappa shape index (κ3) is 12.2. The topological polar surface area (TPSA) is 112 Å². The minimum atomic E-state index is -4.48. The highest BCUT2D eigenvalue weighted by atomic mass is 19.4. The Morgan fingerprint density at radius 1 is 0.814 bits per heavy atom. The number of carbonyl (C=O) groups excluding carboxylic acids is 2. The normalized spacial score (nSPS) is 10.4. The van der Waals surface area contributed by atoms with Gasteiger partial charge in [-0.25, -0.2) is 9.59 Å². The number of aldehydes is 1. The zero-order chi connectivity index (χ0) is 31.8. The van der Waals surface area contributed by atoms with Crippen LogP contribution >= 0.6 is 0 Å². The molecule has 7 nitrogen and oxygen atoms in total. The molecule has 0 atom stereocenters. The lowest BCUT2D eigenvalue weighted by Gasteiger charge is -2.22. The number of unbranched alkanes of at least 4 members (excludes halogenated alkanes) is 3. The molecule has 43 heavy (non-hydrogen) atoms. The summed E-state index contributed by atoms with van der Waals surface area (Å²) >= 11 is 0. The van der Waals surface area contributed by atoms with Crippen LogP contribution in [0.15, 0.2) is 72.8 Å². The quantitative estimate of drug-likeness (QED) is 0.127. The number of nitrogens with zero attached hydrogens (tertiary/aromatic N) is 1. The van der Waals surface area contributed by atoms with Gasteiger partial charge in [-0.3, -0.25) is 9.59 Å². The van der Waals surface area contributed by atoms with E-state index < -0.39 is 29.6 Å². The Balaban J connectivity index is 0.00000119. The number of aliphatic carboxylic acids is 2. The summed E-state index contributed by atoms with van der Waals surface area (Å²) in [6.45, 7) is 1.96. The van der Waals surface area contributed by atoms with E-state index >= 15 is 0 Å². The van der Waals surface area contributed by atoms with Gasteiger partial charge in [0.15, 0.2) is 0 Å².